The van der Waals surface area contributed by atoms with Crippen molar-refractivity contribution in [2.75, 3.05) is 5.73 Å². The highest BCUT2D eigenvalue weighted by molar-refractivity contribution is 5.84. The molecule has 2 N–H and O–H groups in total. The maximum atomic E-state index is 6.08. The maximum absolute atomic E-state index is 6.08. The predicted octanol–water partition coefficient (Wildman–Crippen LogP) is 2.85. The number of benzene rings is 1. The van der Waals surface area contributed by atoms with Crippen LogP contribution in [0.4, 0.5) is 5.95 Å². The van der Waals surface area contributed by atoms with Crippen LogP contribution in [0.3, 0.4) is 0 Å². The zero-order valence-electron chi connectivity index (χ0n) is 12.2. The molecule has 0 saturated heterocycles. The van der Waals surface area contributed by atoms with E-state index in [-0.39, 0.29) is 6.10 Å². The SMILES string of the molecule is CC(C)Oc1cccc2c1nc(N)n2Cc1cccnc1. The summed E-state index contributed by atoms with van der Waals surface area (Å²) < 4.78 is 7.77. The molecule has 3 aromatic rings. The number of imidazole rings is 1. The summed E-state index contributed by atoms with van der Waals surface area (Å²) in [5, 5.41) is 0. The average molecular weight is 282 g/mol. The number of nitrogens with two attached hydrogens (primary N) is 1. The van der Waals surface area contributed by atoms with Gasteiger partial charge in [-0.1, -0.05) is 12.1 Å². The molecule has 1 aromatic carbocycles. The van der Waals surface area contributed by atoms with Gasteiger partial charge in [-0.2, -0.15) is 0 Å². The Kier molecular flexibility index (Phi) is 3.48. The van der Waals surface area contributed by atoms with Gasteiger partial charge in [0.05, 0.1) is 18.2 Å². The van der Waals surface area contributed by atoms with Gasteiger partial charge in [0.25, 0.3) is 0 Å². The van der Waals surface area contributed by atoms with E-state index < -0.39 is 0 Å². The summed E-state index contributed by atoms with van der Waals surface area (Å²) in [4.78, 5) is 8.59. The highest BCUT2D eigenvalue weighted by atomic mass is 16.5. The summed E-state index contributed by atoms with van der Waals surface area (Å²) in [6.45, 7) is 4.63. The van der Waals surface area contributed by atoms with Crippen LogP contribution in [0.25, 0.3) is 11.0 Å². The summed E-state index contributed by atoms with van der Waals surface area (Å²) in [5.74, 6) is 1.24. The molecular formula is C16H18N4O. The second-order valence-corrected chi connectivity index (χ2v) is 5.21. The van der Waals surface area contributed by atoms with Crippen molar-refractivity contribution in [2.45, 2.75) is 26.5 Å². The fourth-order valence-corrected chi connectivity index (χ4v) is 2.33. The summed E-state index contributed by atoms with van der Waals surface area (Å²) in [7, 11) is 0. The number of rotatable bonds is 4. The van der Waals surface area contributed by atoms with Gasteiger partial charge in [-0.05, 0) is 37.6 Å². The van der Waals surface area contributed by atoms with Crippen LogP contribution >= 0.6 is 0 Å². The predicted molar refractivity (Wildman–Crippen MR) is 83.2 cm³/mol. The van der Waals surface area contributed by atoms with Gasteiger partial charge in [0, 0.05) is 12.4 Å². The van der Waals surface area contributed by atoms with Gasteiger partial charge in [-0.3, -0.25) is 4.98 Å². The number of para-hydroxylation sites is 1. The molecule has 0 aliphatic rings. The van der Waals surface area contributed by atoms with Crippen LogP contribution in [-0.2, 0) is 6.54 Å². The van der Waals surface area contributed by atoms with Crippen molar-refractivity contribution in [3.63, 3.8) is 0 Å². The van der Waals surface area contributed by atoms with Gasteiger partial charge < -0.3 is 15.0 Å². The molecule has 0 aliphatic carbocycles. The molecule has 0 saturated carbocycles. The van der Waals surface area contributed by atoms with Crippen LogP contribution in [0, 0.1) is 0 Å². The van der Waals surface area contributed by atoms with Crippen LogP contribution in [-0.4, -0.2) is 20.6 Å². The lowest BCUT2D eigenvalue weighted by atomic mass is 10.2. The van der Waals surface area contributed by atoms with Crippen LogP contribution in [0.15, 0.2) is 42.7 Å². The van der Waals surface area contributed by atoms with Gasteiger partial charge >= 0.3 is 0 Å². The Morgan fingerprint density at radius 1 is 1.24 bits per heavy atom. The molecule has 0 fully saturated rings. The molecule has 2 aromatic heterocycles. The van der Waals surface area contributed by atoms with Crippen molar-refractivity contribution in [1.29, 1.82) is 0 Å². The number of ether oxygens (including phenoxy) is 1. The first-order chi connectivity index (χ1) is 10.1. The van der Waals surface area contributed by atoms with Crippen molar-refractivity contribution in [2.24, 2.45) is 0 Å². The molecule has 0 bridgehead atoms. The number of nitrogens with zero attached hydrogens (tertiary/aromatic N) is 3. The minimum Gasteiger partial charge on any atom is -0.489 e. The first-order valence-corrected chi connectivity index (χ1v) is 6.95. The zero-order valence-corrected chi connectivity index (χ0v) is 12.2. The lowest BCUT2D eigenvalue weighted by Gasteiger charge is -2.10. The molecular weight excluding hydrogens is 264 g/mol. The summed E-state index contributed by atoms with van der Waals surface area (Å²) in [6, 6.07) is 9.82. The van der Waals surface area contributed by atoms with Gasteiger partial charge in [-0.25, -0.2) is 4.98 Å². The summed E-state index contributed by atoms with van der Waals surface area (Å²) >= 11 is 0. The summed E-state index contributed by atoms with van der Waals surface area (Å²) in [6.07, 6.45) is 3.69. The highest BCUT2D eigenvalue weighted by Crippen LogP contribution is 2.28. The van der Waals surface area contributed by atoms with Crippen LogP contribution in [0.5, 0.6) is 5.75 Å². The quantitative estimate of drug-likeness (QED) is 0.799. The van der Waals surface area contributed by atoms with E-state index in [9.17, 15) is 0 Å². The second kappa shape index (κ2) is 5.44. The van der Waals surface area contributed by atoms with Gasteiger partial charge in [0.2, 0.25) is 5.95 Å². The number of anilines is 1. The molecule has 3 rings (SSSR count). The molecule has 5 heteroatoms. The Morgan fingerprint density at radius 2 is 2.10 bits per heavy atom. The number of hydrogen-bond acceptors (Lipinski definition) is 4. The molecule has 5 nitrogen and oxygen atoms in total. The van der Waals surface area contributed by atoms with Crippen molar-refractivity contribution < 1.29 is 4.74 Å². The Hall–Kier alpha value is -2.56. The number of hydrogen-bond donors (Lipinski definition) is 1. The van der Waals surface area contributed by atoms with Gasteiger partial charge in [0.1, 0.15) is 11.3 Å². The zero-order chi connectivity index (χ0) is 14.8. The van der Waals surface area contributed by atoms with E-state index in [0.29, 0.717) is 12.5 Å². The van der Waals surface area contributed by atoms with Gasteiger partial charge in [0.15, 0.2) is 0 Å². The third-order valence-electron chi connectivity index (χ3n) is 3.20. The van der Waals surface area contributed by atoms with Crippen LogP contribution in [0.1, 0.15) is 19.4 Å². The Bertz CT molecular complexity index is 750. The van der Waals surface area contributed by atoms with E-state index in [2.05, 4.69) is 9.97 Å². The van der Waals surface area contributed by atoms with E-state index in [1.54, 1.807) is 6.20 Å². The first kappa shape index (κ1) is 13.4. The minimum atomic E-state index is 0.0975. The number of nitrogen functional groups attached to an aromatic ring is 1. The number of pyridine rings is 1. The first-order valence-electron chi connectivity index (χ1n) is 6.95. The maximum Gasteiger partial charge on any atom is 0.201 e. The highest BCUT2D eigenvalue weighted by Gasteiger charge is 2.13. The average Bonchev–Trinajstić information content (AvgIpc) is 2.77. The lowest BCUT2D eigenvalue weighted by molar-refractivity contribution is 0.245. The molecule has 0 radical (unpaired) electrons. The fraction of sp³-hybridized carbons (Fsp3) is 0.250. The minimum absolute atomic E-state index is 0.0975. The van der Waals surface area contributed by atoms with E-state index in [0.717, 1.165) is 22.3 Å². The van der Waals surface area contributed by atoms with Crippen molar-refractivity contribution in [3.8, 4) is 5.75 Å². The molecule has 0 amide bonds. The van der Waals surface area contributed by atoms with Crippen LogP contribution < -0.4 is 10.5 Å². The molecule has 21 heavy (non-hydrogen) atoms. The normalized spacial score (nSPS) is 11.2. The van der Waals surface area contributed by atoms with E-state index in [1.165, 1.54) is 0 Å². The second-order valence-electron chi connectivity index (χ2n) is 5.21. The third kappa shape index (κ3) is 2.67. The largest absolute Gasteiger partial charge is 0.489 e. The fourth-order valence-electron chi connectivity index (χ4n) is 2.33. The molecule has 2 heterocycles. The van der Waals surface area contributed by atoms with E-state index in [4.69, 9.17) is 10.5 Å². The topological polar surface area (TPSA) is 66.0 Å². The van der Waals surface area contributed by atoms with Crippen LogP contribution in [0.2, 0.25) is 0 Å². The van der Waals surface area contributed by atoms with Crippen molar-refractivity contribution in [3.05, 3.63) is 48.3 Å². The Balaban J connectivity index is 2.05. The number of fused-ring (bicyclic) bond motifs is 1. The third-order valence-corrected chi connectivity index (χ3v) is 3.20. The molecule has 108 valence electrons. The standard InChI is InChI=1S/C16H18N4O/c1-11(2)21-14-7-3-6-13-15(14)19-16(17)20(13)10-12-5-4-8-18-9-12/h3-9,11H,10H2,1-2H3,(H2,17,19). The van der Waals surface area contributed by atoms with E-state index >= 15 is 0 Å². The molecule has 0 unspecified atom stereocenters. The lowest BCUT2D eigenvalue weighted by Crippen LogP contribution is -2.06. The Morgan fingerprint density at radius 3 is 2.81 bits per heavy atom. The monoisotopic (exact) mass is 282 g/mol. The number of aromatic nitrogens is 3. The molecule has 0 aliphatic heterocycles. The van der Waals surface area contributed by atoms with E-state index in [1.807, 2.05) is 54.9 Å². The Labute approximate surface area is 123 Å². The van der Waals surface area contributed by atoms with Gasteiger partial charge in [-0.15, -0.1) is 0 Å². The molecule has 0 spiro atoms. The van der Waals surface area contributed by atoms with Crippen molar-refractivity contribution in [1.82, 2.24) is 14.5 Å². The molecule has 0 atom stereocenters. The summed E-state index contributed by atoms with van der Waals surface area (Å²) in [5.41, 5.74) is 8.92. The smallest absolute Gasteiger partial charge is 0.201 e. The van der Waals surface area contributed by atoms with Crippen molar-refractivity contribution >= 4 is 17.0 Å².